The van der Waals surface area contributed by atoms with Gasteiger partial charge in [-0.05, 0) is 57.0 Å². The summed E-state index contributed by atoms with van der Waals surface area (Å²) >= 11 is 6.08. The zero-order chi connectivity index (χ0) is 28.0. The van der Waals surface area contributed by atoms with Gasteiger partial charge in [-0.3, -0.25) is 4.79 Å². The first-order chi connectivity index (χ1) is 18.6. The molecule has 0 aliphatic rings. The number of hydrogen-bond acceptors (Lipinski definition) is 6. The summed E-state index contributed by atoms with van der Waals surface area (Å²) in [5, 5.41) is 11.4. The smallest absolute Gasteiger partial charge is 0.407 e. The van der Waals surface area contributed by atoms with Gasteiger partial charge in [-0.25, -0.2) is 9.48 Å². The third kappa shape index (κ3) is 7.18. The summed E-state index contributed by atoms with van der Waals surface area (Å²) in [6.07, 6.45) is 0.0421. The summed E-state index contributed by atoms with van der Waals surface area (Å²) < 4.78 is 6.96. The minimum Gasteiger partial charge on any atom is -0.445 e. The second-order valence-corrected chi connectivity index (χ2v) is 10.4. The largest absolute Gasteiger partial charge is 0.445 e. The number of nitrogens with one attached hydrogen (secondary N) is 2. The van der Waals surface area contributed by atoms with Crippen molar-refractivity contribution in [3.8, 4) is 5.69 Å². The van der Waals surface area contributed by atoms with Crippen LogP contribution in [0.3, 0.4) is 0 Å². The number of nitrogens with zero attached hydrogens (tertiary/aromatic N) is 2. The van der Waals surface area contributed by atoms with Gasteiger partial charge in [-0.15, -0.1) is 0 Å². The summed E-state index contributed by atoms with van der Waals surface area (Å²) in [7, 11) is 0. The number of ketones is 1. The van der Waals surface area contributed by atoms with Gasteiger partial charge >= 0.3 is 6.09 Å². The predicted octanol–water partition coefficient (Wildman–Crippen LogP) is 6.15. The molecule has 1 heterocycles. The van der Waals surface area contributed by atoms with Gasteiger partial charge in [-0.2, -0.15) is 5.10 Å². The minimum atomic E-state index is -0.582. The van der Waals surface area contributed by atoms with E-state index in [1.807, 2.05) is 63.2 Å². The van der Waals surface area contributed by atoms with Crippen molar-refractivity contribution in [2.24, 2.45) is 0 Å². The van der Waals surface area contributed by atoms with Crippen molar-refractivity contribution in [2.45, 2.75) is 39.3 Å². The topological polar surface area (TPSA) is 111 Å². The van der Waals surface area contributed by atoms with Crippen molar-refractivity contribution < 1.29 is 14.3 Å². The minimum absolute atomic E-state index is 0.151. The predicted molar refractivity (Wildman–Crippen MR) is 155 cm³/mol. The molecule has 0 spiro atoms. The quantitative estimate of drug-likeness (QED) is 0.206. The number of carbonyl (C=O) groups is 2. The van der Waals surface area contributed by atoms with Gasteiger partial charge in [0.15, 0.2) is 11.5 Å². The number of rotatable bonds is 10. The SMILES string of the molecule is Cc1ccc(C(=O)c2nn(-c3ccc(Cl)cc3)c(NCCC(C)(C)NC(=O)OCc3ccccc3)c2N)cc1. The average Bonchev–Trinajstić information content (AvgIpc) is 3.24. The number of halogens is 1. The van der Waals surface area contributed by atoms with Crippen LogP contribution in [0.4, 0.5) is 16.3 Å². The first-order valence-corrected chi connectivity index (χ1v) is 13.0. The Morgan fingerprint density at radius 3 is 2.33 bits per heavy atom. The lowest BCUT2D eigenvalue weighted by atomic mass is 10.0. The Balaban J connectivity index is 1.48. The maximum atomic E-state index is 13.3. The van der Waals surface area contributed by atoms with Crippen molar-refractivity contribution in [1.29, 1.82) is 0 Å². The average molecular weight is 546 g/mol. The second kappa shape index (κ2) is 12.0. The number of benzene rings is 3. The van der Waals surface area contributed by atoms with Crippen LogP contribution >= 0.6 is 11.6 Å². The third-order valence-corrected chi connectivity index (χ3v) is 6.47. The van der Waals surface area contributed by atoms with Gasteiger partial charge in [-0.1, -0.05) is 71.8 Å². The van der Waals surface area contributed by atoms with Crippen LogP contribution in [0, 0.1) is 6.92 Å². The molecule has 39 heavy (non-hydrogen) atoms. The Hall–Kier alpha value is -4.30. The van der Waals surface area contributed by atoms with Gasteiger partial charge in [0.05, 0.1) is 5.69 Å². The molecule has 3 aromatic carbocycles. The van der Waals surface area contributed by atoms with Crippen molar-refractivity contribution in [1.82, 2.24) is 15.1 Å². The number of nitrogens with two attached hydrogens (primary N) is 1. The molecule has 0 fully saturated rings. The normalized spacial score (nSPS) is 11.2. The molecule has 0 bridgehead atoms. The Labute approximate surface area is 233 Å². The molecule has 0 saturated heterocycles. The highest BCUT2D eigenvalue weighted by molar-refractivity contribution is 6.30. The van der Waals surface area contributed by atoms with Crippen molar-refractivity contribution in [3.63, 3.8) is 0 Å². The Kier molecular flexibility index (Phi) is 8.56. The standard InChI is InChI=1S/C30H32ClN5O3/c1-20-9-11-22(12-10-20)27(37)26-25(32)28(36(35-26)24-15-13-23(31)14-16-24)33-18-17-30(2,3)34-29(38)39-19-21-7-5-4-6-8-21/h4-16,33H,17-19,32H2,1-3H3,(H,34,38). The molecule has 4 aromatic rings. The van der Waals surface area contributed by atoms with Gasteiger partial charge in [0.1, 0.15) is 12.3 Å². The molecule has 202 valence electrons. The summed E-state index contributed by atoms with van der Waals surface area (Å²) in [4.78, 5) is 25.7. The van der Waals surface area contributed by atoms with Crippen LogP contribution in [0.15, 0.2) is 78.9 Å². The Morgan fingerprint density at radius 2 is 1.67 bits per heavy atom. The molecule has 8 nitrogen and oxygen atoms in total. The van der Waals surface area contributed by atoms with Crippen LogP contribution in [-0.4, -0.2) is 33.7 Å². The number of anilines is 2. The molecule has 0 radical (unpaired) electrons. The van der Waals surface area contributed by atoms with E-state index in [9.17, 15) is 9.59 Å². The van der Waals surface area contributed by atoms with Crippen LogP contribution in [0.2, 0.25) is 5.02 Å². The monoisotopic (exact) mass is 545 g/mol. The van der Waals surface area contributed by atoms with Crippen LogP contribution in [0.5, 0.6) is 0 Å². The molecule has 0 atom stereocenters. The van der Waals surface area contributed by atoms with E-state index in [1.165, 1.54) is 0 Å². The first kappa shape index (κ1) is 27.7. The number of ether oxygens (including phenoxy) is 1. The number of aryl methyl sites for hydroxylation is 1. The molecule has 0 aliphatic carbocycles. The third-order valence-electron chi connectivity index (χ3n) is 6.22. The van der Waals surface area contributed by atoms with Gasteiger partial charge < -0.3 is 21.1 Å². The number of alkyl carbamates (subject to hydrolysis) is 1. The Bertz CT molecular complexity index is 1430. The summed E-state index contributed by atoms with van der Waals surface area (Å²) in [5.41, 5.74) is 9.44. The Morgan fingerprint density at radius 1 is 1.00 bits per heavy atom. The number of hydrogen-bond donors (Lipinski definition) is 3. The number of carbonyl (C=O) groups excluding carboxylic acids is 2. The molecule has 0 saturated carbocycles. The molecule has 1 aromatic heterocycles. The maximum absolute atomic E-state index is 13.3. The van der Waals surface area contributed by atoms with E-state index in [2.05, 4.69) is 15.7 Å². The van der Waals surface area contributed by atoms with E-state index >= 15 is 0 Å². The molecule has 4 rings (SSSR count). The van der Waals surface area contributed by atoms with Gasteiger partial charge in [0.2, 0.25) is 5.78 Å². The van der Waals surface area contributed by atoms with Crippen molar-refractivity contribution >= 4 is 35.0 Å². The van der Waals surface area contributed by atoms with Crippen LogP contribution < -0.4 is 16.4 Å². The lowest BCUT2D eigenvalue weighted by Crippen LogP contribution is -2.44. The molecule has 1 amide bonds. The summed E-state index contributed by atoms with van der Waals surface area (Å²) in [6, 6.07) is 23.9. The maximum Gasteiger partial charge on any atom is 0.407 e. The number of amides is 1. The van der Waals surface area contributed by atoms with Crippen molar-refractivity contribution in [3.05, 3.63) is 106 Å². The van der Waals surface area contributed by atoms with Crippen LogP contribution in [0.1, 0.15) is 47.4 Å². The molecule has 9 heteroatoms. The molecule has 4 N–H and O–H groups in total. The van der Waals surface area contributed by atoms with Crippen LogP contribution in [-0.2, 0) is 11.3 Å². The van der Waals surface area contributed by atoms with E-state index < -0.39 is 11.6 Å². The fraction of sp³-hybridized carbons (Fsp3) is 0.233. The van der Waals surface area contributed by atoms with E-state index in [1.54, 1.807) is 41.1 Å². The fourth-order valence-electron chi connectivity index (χ4n) is 3.97. The van der Waals surface area contributed by atoms with E-state index in [4.69, 9.17) is 22.1 Å². The highest BCUT2D eigenvalue weighted by Gasteiger charge is 2.25. The van der Waals surface area contributed by atoms with Crippen molar-refractivity contribution in [2.75, 3.05) is 17.6 Å². The zero-order valence-electron chi connectivity index (χ0n) is 22.2. The summed E-state index contributed by atoms with van der Waals surface area (Å²) in [6.45, 7) is 6.40. The highest BCUT2D eigenvalue weighted by atomic mass is 35.5. The van der Waals surface area contributed by atoms with E-state index in [0.29, 0.717) is 35.1 Å². The van der Waals surface area contributed by atoms with Gasteiger partial charge in [0, 0.05) is 22.7 Å². The molecule has 0 unspecified atom stereocenters. The van der Waals surface area contributed by atoms with E-state index in [-0.39, 0.29) is 23.8 Å². The lowest BCUT2D eigenvalue weighted by molar-refractivity contribution is 0.103. The van der Waals surface area contributed by atoms with E-state index in [0.717, 1.165) is 11.1 Å². The molecular formula is C30H32ClN5O3. The van der Waals surface area contributed by atoms with Crippen LogP contribution in [0.25, 0.3) is 5.69 Å². The number of nitrogen functional groups attached to an aromatic ring is 1. The highest BCUT2D eigenvalue weighted by Crippen LogP contribution is 2.29. The van der Waals surface area contributed by atoms with Gasteiger partial charge in [0.25, 0.3) is 0 Å². The fourth-order valence-corrected chi connectivity index (χ4v) is 4.10. The zero-order valence-corrected chi connectivity index (χ0v) is 23.0. The second-order valence-electron chi connectivity index (χ2n) is 9.94. The number of aromatic nitrogens is 2. The first-order valence-electron chi connectivity index (χ1n) is 12.6. The lowest BCUT2D eigenvalue weighted by Gasteiger charge is -2.26. The molecular weight excluding hydrogens is 514 g/mol. The molecule has 0 aliphatic heterocycles. The summed E-state index contributed by atoms with van der Waals surface area (Å²) in [5.74, 6) is 0.210.